The Balaban J connectivity index is 2.07. The molecule has 0 saturated heterocycles. The SMILES string of the molecule is C=C(O)/C(CN(Cc1c(O)ccc2cc(Br)ccc12)C(C)C)=c1/ccc(Br)cc1=C. The van der Waals surface area contributed by atoms with Gasteiger partial charge in [0.05, 0.1) is 0 Å². The van der Waals surface area contributed by atoms with Crippen LogP contribution in [-0.4, -0.2) is 27.7 Å². The Hall–Kier alpha value is -2.08. The van der Waals surface area contributed by atoms with Gasteiger partial charge in [-0.2, -0.15) is 0 Å². The Morgan fingerprint density at radius 3 is 2.33 bits per heavy atom. The predicted molar refractivity (Wildman–Crippen MR) is 133 cm³/mol. The molecule has 0 heterocycles. The maximum Gasteiger partial charge on any atom is 0.120 e. The number of rotatable bonds is 6. The van der Waals surface area contributed by atoms with Gasteiger partial charge in [-0.3, -0.25) is 4.90 Å². The number of fused-ring (bicyclic) bond motifs is 1. The van der Waals surface area contributed by atoms with Gasteiger partial charge >= 0.3 is 0 Å². The molecule has 0 unspecified atom stereocenters. The molecular weight excluding hydrogens is 506 g/mol. The van der Waals surface area contributed by atoms with Gasteiger partial charge in [0.15, 0.2) is 0 Å². The maximum absolute atomic E-state index is 10.6. The van der Waals surface area contributed by atoms with E-state index in [0.717, 1.165) is 41.3 Å². The molecule has 0 aliphatic carbocycles. The topological polar surface area (TPSA) is 43.7 Å². The monoisotopic (exact) mass is 529 g/mol. The van der Waals surface area contributed by atoms with Crippen LogP contribution in [0.1, 0.15) is 19.4 Å². The molecule has 0 bridgehead atoms. The summed E-state index contributed by atoms with van der Waals surface area (Å²) in [4.78, 5) is 2.20. The normalized spacial score (nSPS) is 12.6. The highest BCUT2D eigenvalue weighted by Crippen LogP contribution is 2.31. The van der Waals surface area contributed by atoms with Gasteiger partial charge in [0.25, 0.3) is 0 Å². The zero-order chi connectivity index (χ0) is 22.0. The average Bonchev–Trinajstić information content (AvgIpc) is 2.67. The third kappa shape index (κ3) is 4.97. The average molecular weight is 531 g/mol. The van der Waals surface area contributed by atoms with Gasteiger partial charge in [-0.15, -0.1) is 0 Å². The predicted octanol–water partition coefficient (Wildman–Crippen LogP) is 5.61. The Morgan fingerprint density at radius 2 is 1.70 bits per heavy atom. The lowest BCUT2D eigenvalue weighted by atomic mass is 10.0. The Bertz CT molecular complexity index is 1220. The second-order valence-corrected chi connectivity index (χ2v) is 9.49. The first kappa shape index (κ1) is 22.6. The largest absolute Gasteiger partial charge is 0.508 e. The summed E-state index contributed by atoms with van der Waals surface area (Å²) in [6, 6.07) is 15.7. The molecule has 0 fully saturated rings. The van der Waals surface area contributed by atoms with E-state index in [1.165, 1.54) is 0 Å². The van der Waals surface area contributed by atoms with Crippen LogP contribution in [0.5, 0.6) is 5.75 Å². The molecule has 3 aromatic rings. The van der Waals surface area contributed by atoms with Crippen molar-refractivity contribution in [2.45, 2.75) is 26.4 Å². The molecule has 2 N–H and O–H groups in total. The summed E-state index contributed by atoms with van der Waals surface area (Å²) in [5.74, 6) is 0.292. The summed E-state index contributed by atoms with van der Waals surface area (Å²) >= 11 is 6.97. The minimum Gasteiger partial charge on any atom is -0.508 e. The minimum atomic E-state index is 0.0268. The lowest BCUT2D eigenvalue weighted by Crippen LogP contribution is -2.36. The second-order valence-electron chi connectivity index (χ2n) is 7.65. The van der Waals surface area contributed by atoms with Crippen molar-refractivity contribution in [2.75, 3.05) is 6.54 Å². The first-order chi connectivity index (χ1) is 14.2. The van der Waals surface area contributed by atoms with Crippen LogP contribution in [0.4, 0.5) is 0 Å². The van der Waals surface area contributed by atoms with Crippen LogP contribution in [0.25, 0.3) is 22.9 Å². The van der Waals surface area contributed by atoms with Gasteiger partial charge in [-0.05, 0) is 65.4 Å². The number of phenols is 1. The van der Waals surface area contributed by atoms with Crippen molar-refractivity contribution in [3.05, 3.63) is 85.8 Å². The number of phenolic OH excluding ortho intramolecular Hbond substituents is 1. The minimum absolute atomic E-state index is 0.0268. The third-order valence-electron chi connectivity index (χ3n) is 5.26. The highest BCUT2D eigenvalue weighted by Gasteiger charge is 2.18. The number of aromatic hydroxyl groups is 1. The Morgan fingerprint density at radius 1 is 1.03 bits per heavy atom. The summed E-state index contributed by atoms with van der Waals surface area (Å²) in [5.41, 5.74) is 1.59. The molecule has 0 radical (unpaired) electrons. The van der Waals surface area contributed by atoms with Crippen molar-refractivity contribution in [3.8, 4) is 5.75 Å². The molecule has 156 valence electrons. The number of hydrogen-bond acceptors (Lipinski definition) is 3. The fraction of sp³-hybridized carbons (Fsp3) is 0.200. The van der Waals surface area contributed by atoms with E-state index in [9.17, 15) is 10.2 Å². The molecule has 30 heavy (non-hydrogen) atoms. The molecule has 0 saturated carbocycles. The highest BCUT2D eigenvalue weighted by molar-refractivity contribution is 9.10. The summed E-state index contributed by atoms with van der Waals surface area (Å²) in [5, 5.41) is 24.7. The zero-order valence-electron chi connectivity index (χ0n) is 17.1. The second kappa shape index (κ2) is 9.38. The quantitative estimate of drug-likeness (QED) is 0.407. The van der Waals surface area contributed by atoms with Crippen LogP contribution >= 0.6 is 31.9 Å². The molecule has 3 rings (SSSR count). The number of hydrogen-bond donors (Lipinski definition) is 2. The smallest absolute Gasteiger partial charge is 0.120 e. The molecule has 0 aliphatic heterocycles. The van der Waals surface area contributed by atoms with Crippen LogP contribution in [0, 0.1) is 0 Å². The van der Waals surface area contributed by atoms with Crippen LogP contribution in [0.2, 0.25) is 0 Å². The van der Waals surface area contributed by atoms with Crippen LogP contribution in [-0.2, 0) is 6.54 Å². The van der Waals surface area contributed by atoms with E-state index in [1.54, 1.807) is 6.07 Å². The third-order valence-corrected chi connectivity index (χ3v) is 6.25. The van der Waals surface area contributed by atoms with E-state index in [0.29, 0.717) is 13.1 Å². The first-order valence-electron chi connectivity index (χ1n) is 9.67. The molecular formula is C25H25Br2NO2. The summed E-state index contributed by atoms with van der Waals surface area (Å²) in [6.07, 6.45) is 0. The van der Waals surface area contributed by atoms with Crippen molar-refractivity contribution in [2.24, 2.45) is 0 Å². The number of aliphatic hydroxyl groups is 1. The maximum atomic E-state index is 10.6. The lowest BCUT2D eigenvalue weighted by molar-refractivity contribution is 0.236. The molecule has 0 aliphatic rings. The molecule has 0 atom stereocenters. The summed E-state index contributed by atoms with van der Waals surface area (Å²) < 4.78 is 1.93. The van der Waals surface area contributed by atoms with Crippen molar-refractivity contribution in [1.82, 2.24) is 4.90 Å². The highest BCUT2D eigenvalue weighted by atomic mass is 79.9. The number of aliphatic hydroxyl groups excluding tert-OH is 1. The van der Waals surface area contributed by atoms with Crippen molar-refractivity contribution >= 4 is 54.8 Å². The fourth-order valence-corrected chi connectivity index (χ4v) is 4.32. The van der Waals surface area contributed by atoms with Gasteiger partial charge in [-0.25, -0.2) is 0 Å². The molecule has 5 heteroatoms. The number of halogens is 2. The number of nitrogens with zero attached hydrogens (tertiary/aromatic N) is 1. The molecule has 0 amide bonds. The van der Waals surface area contributed by atoms with Crippen molar-refractivity contribution in [1.29, 1.82) is 0 Å². The lowest BCUT2D eigenvalue weighted by Gasteiger charge is -2.28. The van der Waals surface area contributed by atoms with Crippen LogP contribution in [0.15, 0.2) is 69.8 Å². The van der Waals surface area contributed by atoms with E-state index >= 15 is 0 Å². The standard InChI is InChI=1S/C25H25Br2NO2/c1-15(2)28(13-23(17(4)29)21-8-6-19(26)11-16(21)3)14-24-22-9-7-20(27)12-18(22)5-10-25(24)30/h5-12,15,29-30H,3-4,13-14H2,1-2H3/b23-21-. The van der Waals surface area contributed by atoms with E-state index in [2.05, 4.69) is 63.8 Å². The van der Waals surface area contributed by atoms with Gasteiger partial charge in [0.1, 0.15) is 11.5 Å². The van der Waals surface area contributed by atoms with Crippen LogP contribution in [0.3, 0.4) is 0 Å². The van der Waals surface area contributed by atoms with Crippen molar-refractivity contribution in [3.63, 3.8) is 0 Å². The molecule has 0 aromatic heterocycles. The van der Waals surface area contributed by atoms with Gasteiger partial charge in [0, 0.05) is 39.2 Å². The van der Waals surface area contributed by atoms with E-state index < -0.39 is 0 Å². The van der Waals surface area contributed by atoms with Gasteiger partial charge < -0.3 is 10.2 Å². The van der Waals surface area contributed by atoms with Crippen LogP contribution < -0.4 is 10.4 Å². The fourth-order valence-electron chi connectivity index (χ4n) is 3.54. The van der Waals surface area contributed by atoms with E-state index in [1.807, 2.05) is 42.5 Å². The Labute approximate surface area is 193 Å². The zero-order valence-corrected chi connectivity index (χ0v) is 20.3. The van der Waals surface area contributed by atoms with E-state index in [4.69, 9.17) is 0 Å². The Kier molecular flexibility index (Phi) is 7.06. The number of benzene rings is 3. The molecule has 0 spiro atoms. The molecule has 3 nitrogen and oxygen atoms in total. The van der Waals surface area contributed by atoms with Gasteiger partial charge in [-0.1, -0.05) is 63.2 Å². The molecule has 3 aromatic carbocycles. The van der Waals surface area contributed by atoms with Gasteiger partial charge in [0.2, 0.25) is 0 Å². The summed E-state index contributed by atoms with van der Waals surface area (Å²) in [6.45, 7) is 13.1. The first-order valence-corrected chi connectivity index (χ1v) is 11.3. The van der Waals surface area contributed by atoms with Crippen molar-refractivity contribution < 1.29 is 10.2 Å². The van der Waals surface area contributed by atoms with E-state index in [-0.39, 0.29) is 17.6 Å². The summed E-state index contributed by atoms with van der Waals surface area (Å²) in [7, 11) is 0.